The first-order chi connectivity index (χ1) is 9.62. The number of pyridine rings is 1. The van der Waals surface area contributed by atoms with Gasteiger partial charge in [0.1, 0.15) is 5.82 Å². The summed E-state index contributed by atoms with van der Waals surface area (Å²) in [4.78, 5) is 7.13. The van der Waals surface area contributed by atoms with Crippen LogP contribution in [0.4, 0.5) is 5.82 Å². The largest absolute Gasteiger partial charge is 0.357 e. The van der Waals surface area contributed by atoms with Crippen LogP contribution in [0.25, 0.3) is 0 Å². The lowest BCUT2D eigenvalue weighted by Crippen LogP contribution is -2.26. The second-order valence-corrected chi connectivity index (χ2v) is 7.18. The van der Waals surface area contributed by atoms with Crippen LogP contribution in [0.3, 0.4) is 0 Å². The lowest BCUT2D eigenvalue weighted by Gasteiger charge is -2.24. The van der Waals surface area contributed by atoms with E-state index in [1.54, 1.807) is 0 Å². The van der Waals surface area contributed by atoms with Crippen LogP contribution < -0.4 is 10.2 Å². The number of rotatable bonds is 4. The van der Waals surface area contributed by atoms with Crippen LogP contribution in [0, 0.1) is 5.41 Å². The molecule has 0 bridgehead atoms. The molecule has 3 heteroatoms. The maximum absolute atomic E-state index is 4.68. The summed E-state index contributed by atoms with van der Waals surface area (Å²) in [7, 11) is 0. The van der Waals surface area contributed by atoms with Gasteiger partial charge in [0.2, 0.25) is 0 Å². The molecule has 0 aromatic carbocycles. The molecule has 0 spiro atoms. The first kappa shape index (κ1) is 13.9. The van der Waals surface area contributed by atoms with Gasteiger partial charge in [-0.1, -0.05) is 19.9 Å². The molecule has 0 radical (unpaired) electrons. The molecule has 1 aromatic heterocycles. The molecule has 2 fully saturated rings. The third kappa shape index (κ3) is 3.72. The summed E-state index contributed by atoms with van der Waals surface area (Å²) in [6, 6.07) is 5.19. The molecule has 3 rings (SSSR count). The predicted molar refractivity (Wildman–Crippen MR) is 83.9 cm³/mol. The zero-order valence-corrected chi connectivity index (χ0v) is 12.9. The van der Waals surface area contributed by atoms with Crippen molar-refractivity contribution in [3.8, 4) is 0 Å². The highest BCUT2D eigenvalue weighted by Crippen LogP contribution is 2.31. The smallest absolute Gasteiger partial charge is 0.128 e. The highest BCUT2D eigenvalue weighted by molar-refractivity contribution is 5.39. The van der Waals surface area contributed by atoms with E-state index >= 15 is 0 Å². The van der Waals surface area contributed by atoms with Crippen molar-refractivity contribution >= 4 is 5.82 Å². The fourth-order valence-corrected chi connectivity index (χ4v) is 2.91. The lowest BCUT2D eigenvalue weighted by molar-refractivity contribution is 0.325. The standard InChI is InChI=1S/C17H27N3/c1-17(2)8-3-10-20(11-9-17)16-7-4-14(13-19-16)12-18-15-5-6-15/h4,7,13,15,18H,3,5-6,8-12H2,1-2H3. The number of hydrogen-bond donors (Lipinski definition) is 1. The van der Waals surface area contributed by atoms with Crippen molar-refractivity contribution in [3.05, 3.63) is 23.9 Å². The van der Waals surface area contributed by atoms with Crippen molar-refractivity contribution in [1.82, 2.24) is 10.3 Å². The van der Waals surface area contributed by atoms with Crippen LogP contribution in [0.15, 0.2) is 18.3 Å². The van der Waals surface area contributed by atoms with Crippen molar-refractivity contribution in [1.29, 1.82) is 0 Å². The molecule has 0 amide bonds. The van der Waals surface area contributed by atoms with Crippen molar-refractivity contribution in [2.24, 2.45) is 5.41 Å². The summed E-state index contributed by atoms with van der Waals surface area (Å²) < 4.78 is 0. The van der Waals surface area contributed by atoms with Gasteiger partial charge in [-0.25, -0.2) is 4.98 Å². The summed E-state index contributed by atoms with van der Waals surface area (Å²) in [6.45, 7) is 8.02. The molecule has 2 aliphatic rings. The van der Waals surface area contributed by atoms with Gasteiger partial charge in [0.05, 0.1) is 0 Å². The SMILES string of the molecule is CC1(C)CCCN(c2ccc(CNC3CC3)cn2)CC1. The third-order valence-corrected chi connectivity index (χ3v) is 4.65. The number of anilines is 1. The number of aromatic nitrogens is 1. The number of nitrogens with zero attached hydrogens (tertiary/aromatic N) is 2. The average Bonchev–Trinajstić information content (AvgIpc) is 3.25. The van der Waals surface area contributed by atoms with Gasteiger partial charge in [-0.2, -0.15) is 0 Å². The van der Waals surface area contributed by atoms with Gasteiger partial charge in [-0.15, -0.1) is 0 Å². The fourth-order valence-electron chi connectivity index (χ4n) is 2.91. The lowest BCUT2D eigenvalue weighted by atomic mass is 9.85. The van der Waals surface area contributed by atoms with Crippen LogP contribution in [0.2, 0.25) is 0 Å². The Balaban J connectivity index is 1.58. The minimum absolute atomic E-state index is 0.489. The van der Waals surface area contributed by atoms with Gasteiger partial charge in [0.15, 0.2) is 0 Å². The Morgan fingerprint density at radius 3 is 2.80 bits per heavy atom. The second-order valence-electron chi connectivity index (χ2n) is 7.18. The van der Waals surface area contributed by atoms with Gasteiger partial charge < -0.3 is 10.2 Å². The highest BCUT2D eigenvalue weighted by Gasteiger charge is 2.23. The number of hydrogen-bond acceptors (Lipinski definition) is 3. The van der Waals surface area contributed by atoms with Crippen molar-refractivity contribution in [2.45, 2.75) is 58.5 Å². The molecule has 1 N–H and O–H groups in total. The van der Waals surface area contributed by atoms with E-state index in [1.807, 2.05) is 6.20 Å². The van der Waals surface area contributed by atoms with Crippen LogP contribution in [-0.2, 0) is 6.54 Å². The minimum atomic E-state index is 0.489. The van der Waals surface area contributed by atoms with Crippen molar-refractivity contribution in [2.75, 3.05) is 18.0 Å². The van der Waals surface area contributed by atoms with Gasteiger partial charge >= 0.3 is 0 Å². The van der Waals surface area contributed by atoms with E-state index in [4.69, 9.17) is 0 Å². The van der Waals surface area contributed by atoms with Gasteiger partial charge in [0.25, 0.3) is 0 Å². The first-order valence-corrected chi connectivity index (χ1v) is 8.06. The van der Waals surface area contributed by atoms with E-state index < -0.39 is 0 Å². The van der Waals surface area contributed by atoms with Crippen LogP contribution in [0.5, 0.6) is 0 Å². The molecule has 20 heavy (non-hydrogen) atoms. The van der Waals surface area contributed by atoms with Gasteiger partial charge in [0, 0.05) is 31.9 Å². The normalized spacial score (nSPS) is 22.6. The van der Waals surface area contributed by atoms with E-state index in [2.05, 4.69) is 41.2 Å². The van der Waals surface area contributed by atoms with Crippen molar-refractivity contribution < 1.29 is 0 Å². The first-order valence-electron chi connectivity index (χ1n) is 8.06. The monoisotopic (exact) mass is 273 g/mol. The van der Waals surface area contributed by atoms with Crippen LogP contribution >= 0.6 is 0 Å². The highest BCUT2D eigenvalue weighted by atomic mass is 15.2. The Labute approximate surface area is 122 Å². The van der Waals surface area contributed by atoms with E-state index in [0.29, 0.717) is 5.41 Å². The quantitative estimate of drug-likeness (QED) is 0.912. The molecule has 1 saturated heterocycles. The van der Waals surface area contributed by atoms with Crippen LogP contribution in [-0.4, -0.2) is 24.1 Å². The molecular formula is C17H27N3. The Morgan fingerprint density at radius 1 is 1.25 bits per heavy atom. The summed E-state index contributed by atoms with van der Waals surface area (Å²) in [6.07, 6.45) is 8.59. The molecule has 110 valence electrons. The minimum Gasteiger partial charge on any atom is -0.357 e. The Morgan fingerprint density at radius 2 is 2.10 bits per heavy atom. The molecule has 1 aromatic rings. The molecular weight excluding hydrogens is 246 g/mol. The summed E-state index contributed by atoms with van der Waals surface area (Å²) in [5.41, 5.74) is 1.79. The molecule has 0 unspecified atom stereocenters. The maximum Gasteiger partial charge on any atom is 0.128 e. The third-order valence-electron chi connectivity index (χ3n) is 4.65. The van der Waals surface area contributed by atoms with E-state index in [0.717, 1.165) is 31.5 Å². The van der Waals surface area contributed by atoms with Gasteiger partial charge in [-0.3, -0.25) is 0 Å². The van der Waals surface area contributed by atoms with Crippen molar-refractivity contribution in [3.63, 3.8) is 0 Å². The zero-order chi connectivity index (χ0) is 14.0. The molecule has 0 atom stereocenters. The van der Waals surface area contributed by atoms with Crippen LogP contribution in [0.1, 0.15) is 51.5 Å². The van der Waals surface area contributed by atoms with E-state index in [9.17, 15) is 0 Å². The predicted octanol–water partition coefficient (Wildman–Crippen LogP) is 3.35. The second kappa shape index (κ2) is 5.72. The molecule has 1 aliphatic carbocycles. The summed E-state index contributed by atoms with van der Waals surface area (Å²) >= 11 is 0. The topological polar surface area (TPSA) is 28.2 Å². The molecule has 2 heterocycles. The Bertz CT molecular complexity index is 434. The molecule has 3 nitrogen and oxygen atoms in total. The Kier molecular flexibility index (Phi) is 3.97. The average molecular weight is 273 g/mol. The summed E-state index contributed by atoms with van der Waals surface area (Å²) in [5, 5.41) is 3.54. The van der Waals surface area contributed by atoms with E-state index in [1.165, 1.54) is 37.7 Å². The fraction of sp³-hybridized carbons (Fsp3) is 0.706. The zero-order valence-electron chi connectivity index (χ0n) is 12.9. The molecule has 1 aliphatic heterocycles. The molecule has 1 saturated carbocycles. The number of nitrogens with one attached hydrogen (secondary N) is 1. The van der Waals surface area contributed by atoms with Gasteiger partial charge in [-0.05, 0) is 49.1 Å². The van der Waals surface area contributed by atoms with E-state index in [-0.39, 0.29) is 0 Å². The summed E-state index contributed by atoms with van der Waals surface area (Å²) in [5.74, 6) is 1.15. The maximum atomic E-state index is 4.68. The Hall–Kier alpha value is -1.09.